The Morgan fingerprint density at radius 1 is 0.833 bits per heavy atom. The number of anilines is 2. The number of benzene rings is 2. The van der Waals surface area contributed by atoms with Gasteiger partial charge in [0, 0.05) is 0 Å². The zero-order valence-corrected chi connectivity index (χ0v) is 15.9. The zero-order valence-electron chi connectivity index (χ0n) is 14.2. The van der Waals surface area contributed by atoms with Crippen LogP contribution in [0.2, 0.25) is 0 Å². The van der Waals surface area contributed by atoms with Gasteiger partial charge in [0.05, 0.1) is 0 Å². The summed E-state index contributed by atoms with van der Waals surface area (Å²) < 4.78 is 2.88. The Morgan fingerprint density at radius 2 is 1.58 bits per heavy atom. The van der Waals surface area contributed by atoms with Crippen LogP contribution in [-0.4, -0.2) is 25.5 Å². The normalized spacial score (nSPS) is 13.4. The second-order valence-corrected chi connectivity index (χ2v) is 9.22. The predicted octanol–water partition coefficient (Wildman–Crippen LogP) is 3.65. The van der Waals surface area contributed by atoms with Crippen LogP contribution in [0.15, 0.2) is 66.9 Å². The fourth-order valence-electron chi connectivity index (χ4n) is 3.23. The molecule has 1 aliphatic heterocycles. The minimum atomic E-state index is -0.00770. The Bertz CT molecular complexity index is 882. The molecular formula is C21H20N2Se. The van der Waals surface area contributed by atoms with Crippen LogP contribution in [0.25, 0.3) is 11.3 Å². The second kappa shape index (κ2) is 5.77. The quantitative estimate of drug-likeness (QED) is 0.600. The monoisotopic (exact) mass is 380 g/mol. The van der Waals surface area contributed by atoms with Gasteiger partial charge >= 0.3 is 150 Å². The van der Waals surface area contributed by atoms with Crippen molar-refractivity contribution in [1.82, 2.24) is 4.98 Å². The molecule has 0 radical (unpaired) electrons. The van der Waals surface area contributed by atoms with Crippen LogP contribution < -0.4 is 13.8 Å². The van der Waals surface area contributed by atoms with Gasteiger partial charge < -0.3 is 0 Å². The van der Waals surface area contributed by atoms with Crippen molar-refractivity contribution in [3.05, 3.63) is 66.9 Å². The summed E-state index contributed by atoms with van der Waals surface area (Å²) in [7, 11) is 0. The minimum absolute atomic E-state index is 0.00770. The molecule has 0 spiro atoms. The van der Waals surface area contributed by atoms with Gasteiger partial charge in [0.1, 0.15) is 0 Å². The van der Waals surface area contributed by atoms with E-state index in [2.05, 4.69) is 85.3 Å². The molecule has 1 aliphatic rings. The molecule has 24 heavy (non-hydrogen) atoms. The van der Waals surface area contributed by atoms with Crippen molar-refractivity contribution in [3.8, 4) is 11.3 Å². The molecule has 0 amide bonds. The van der Waals surface area contributed by atoms with Gasteiger partial charge in [-0.15, -0.1) is 0 Å². The van der Waals surface area contributed by atoms with E-state index in [4.69, 9.17) is 0 Å². The number of pyridine rings is 1. The van der Waals surface area contributed by atoms with Crippen LogP contribution in [0.4, 0.5) is 11.4 Å². The fraction of sp³-hybridized carbons (Fsp3) is 0.190. The summed E-state index contributed by atoms with van der Waals surface area (Å²) in [5.41, 5.74) is 4.91. The van der Waals surface area contributed by atoms with Crippen LogP contribution in [-0.2, 0) is 0 Å². The molecule has 0 saturated carbocycles. The van der Waals surface area contributed by atoms with Crippen LogP contribution >= 0.6 is 0 Å². The van der Waals surface area contributed by atoms with Crippen LogP contribution in [0.3, 0.4) is 0 Å². The molecule has 1 aromatic heterocycles. The SMILES string of the molecule is CC(C)(C)N1c2ccccc2[Se]c2cccc(-c3ccccn3)c21. The van der Waals surface area contributed by atoms with E-state index in [-0.39, 0.29) is 5.54 Å². The van der Waals surface area contributed by atoms with Crippen molar-refractivity contribution in [2.45, 2.75) is 26.3 Å². The molecule has 0 N–H and O–H groups in total. The average molecular weight is 379 g/mol. The summed E-state index contributed by atoms with van der Waals surface area (Å²) in [6, 6.07) is 21.6. The molecule has 0 aliphatic carbocycles. The topological polar surface area (TPSA) is 16.1 Å². The van der Waals surface area contributed by atoms with E-state index < -0.39 is 0 Å². The van der Waals surface area contributed by atoms with Crippen molar-refractivity contribution in [2.75, 3.05) is 4.90 Å². The third-order valence-corrected chi connectivity index (χ3v) is 6.50. The average Bonchev–Trinajstić information content (AvgIpc) is 2.59. The van der Waals surface area contributed by atoms with Gasteiger partial charge in [0.25, 0.3) is 0 Å². The first-order valence-corrected chi connectivity index (χ1v) is 9.88. The van der Waals surface area contributed by atoms with E-state index in [9.17, 15) is 0 Å². The number of hydrogen-bond acceptors (Lipinski definition) is 2. The number of aromatic nitrogens is 1. The van der Waals surface area contributed by atoms with Gasteiger partial charge in [-0.3, -0.25) is 0 Å². The van der Waals surface area contributed by atoms with Crippen molar-refractivity contribution in [2.24, 2.45) is 0 Å². The molecule has 2 aromatic carbocycles. The molecular weight excluding hydrogens is 359 g/mol. The van der Waals surface area contributed by atoms with Crippen molar-refractivity contribution in [3.63, 3.8) is 0 Å². The van der Waals surface area contributed by atoms with Gasteiger partial charge in [-0.05, 0) is 0 Å². The molecule has 0 bridgehead atoms. The number of rotatable bonds is 1. The Labute approximate surface area is 149 Å². The number of para-hydroxylation sites is 2. The van der Waals surface area contributed by atoms with E-state index in [0.717, 1.165) is 5.69 Å². The fourth-order valence-corrected chi connectivity index (χ4v) is 5.52. The maximum absolute atomic E-state index is 4.61. The Hall–Kier alpha value is -2.09. The van der Waals surface area contributed by atoms with Gasteiger partial charge in [0.2, 0.25) is 0 Å². The number of fused-ring (bicyclic) bond motifs is 2. The first kappa shape index (κ1) is 15.4. The molecule has 0 saturated heterocycles. The Kier molecular flexibility index (Phi) is 3.71. The molecule has 0 fully saturated rings. The molecule has 3 heteroatoms. The summed E-state index contributed by atoms with van der Waals surface area (Å²) in [6.07, 6.45) is 1.87. The molecule has 3 aromatic rings. The number of hydrogen-bond donors (Lipinski definition) is 0. The van der Waals surface area contributed by atoms with E-state index in [1.165, 1.54) is 25.9 Å². The van der Waals surface area contributed by atoms with E-state index in [1.54, 1.807) is 0 Å². The standard InChI is InChI=1S/C21H20N2Se/c1-21(2,3)23-17-11-4-5-12-18(17)24-19-13-8-9-15(20(19)23)16-10-6-7-14-22-16/h4-14H,1-3H3. The molecule has 4 rings (SSSR count). The van der Waals surface area contributed by atoms with Crippen LogP contribution in [0.5, 0.6) is 0 Å². The van der Waals surface area contributed by atoms with Crippen molar-refractivity contribution < 1.29 is 0 Å². The van der Waals surface area contributed by atoms with Crippen molar-refractivity contribution >= 4 is 35.3 Å². The van der Waals surface area contributed by atoms with E-state index >= 15 is 0 Å². The molecule has 2 nitrogen and oxygen atoms in total. The summed E-state index contributed by atoms with van der Waals surface area (Å²) in [6.45, 7) is 6.84. The summed E-state index contributed by atoms with van der Waals surface area (Å²) in [5.74, 6) is 0. The van der Waals surface area contributed by atoms with Crippen molar-refractivity contribution in [1.29, 1.82) is 0 Å². The number of nitrogens with zero attached hydrogens (tertiary/aromatic N) is 2. The Morgan fingerprint density at radius 3 is 2.33 bits per heavy atom. The summed E-state index contributed by atoms with van der Waals surface area (Å²) in [5, 5.41) is 0. The summed E-state index contributed by atoms with van der Waals surface area (Å²) in [4.78, 5) is 7.10. The predicted molar refractivity (Wildman–Crippen MR) is 103 cm³/mol. The third-order valence-electron chi connectivity index (χ3n) is 4.16. The zero-order chi connectivity index (χ0) is 16.7. The van der Waals surface area contributed by atoms with Gasteiger partial charge in [0.15, 0.2) is 0 Å². The van der Waals surface area contributed by atoms with Crippen LogP contribution in [0, 0.1) is 0 Å². The van der Waals surface area contributed by atoms with Gasteiger partial charge in [-0.2, -0.15) is 0 Å². The van der Waals surface area contributed by atoms with Gasteiger partial charge in [-0.1, -0.05) is 0 Å². The maximum atomic E-state index is 4.61. The molecule has 2 heterocycles. The van der Waals surface area contributed by atoms with E-state index in [0.29, 0.717) is 15.0 Å². The second-order valence-electron chi connectivity index (χ2n) is 6.94. The first-order valence-electron chi connectivity index (χ1n) is 8.17. The summed E-state index contributed by atoms with van der Waals surface area (Å²) >= 11 is 0.318. The third kappa shape index (κ3) is 2.54. The molecule has 0 unspecified atom stereocenters. The van der Waals surface area contributed by atoms with E-state index in [1.807, 2.05) is 12.3 Å². The first-order chi connectivity index (χ1) is 11.6. The van der Waals surface area contributed by atoms with Crippen LogP contribution in [0.1, 0.15) is 20.8 Å². The van der Waals surface area contributed by atoms with Gasteiger partial charge in [-0.25, -0.2) is 0 Å². The Balaban J connectivity index is 2.00. The molecule has 0 atom stereocenters. The molecule has 120 valence electrons.